The fraction of sp³-hybridized carbons (Fsp3) is 0.133. The molecule has 0 spiro atoms. The number of rotatable bonds is 4. The molecule has 0 aliphatic rings. The quantitative estimate of drug-likeness (QED) is 0.512. The highest BCUT2D eigenvalue weighted by atomic mass is 127. The van der Waals surface area contributed by atoms with Crippen molar-refractivity contribution in [2.75, 3.05) is 0 Å². The molecule has 0 aliphatic carbocycles. The lowest BCUT2D eigenvalue weighted by Crippen LogP contribution is -2.01. The first kappa shape index (κ1) is 14.5. The summed E-state index contributed by atoms with van der Waals surface area (Å²) >= 11 is 5.62. The van der Waals surface area contributed by atoms with Gasteiger partial charge >= 0.3 is 0 Å². The molecule has 0 bridgehead atoms. The number of hydrogen-bond acceptors (Lipinski definition) is 2. The van der Waals surface area contributed by atoms with E-state index in [0.717, 1.165) is 10.0 Å². The van der Waals surface area contributed by atoms with Gasteiger partial charge in [-0.15, -0.1) is 0 Å². The summed E-state index contributed by atoms with van der Waals surface area (Å²) in [5.41, 5.74) is 1.68. The molecule has 2 aromatic rings. The number of ether oxygens (including phenoxy) is 1. The van der Waals surface area contributed by atoms with Crippen LogP contribution in [0.5, 0.6) is 5.75 Å². The third kappa shape index (κ3) is 4.04. The van der Waals surface area contributed by atoms with Crippen LogP contribution in [0.4, 0.5) is 0 Å². The van der Waals surface area contributed by atoms with Crippen LogP contribution in [-0.4, -0.2) is 5.78 Å². The van der Waals surface area contributed by atoms with Crippen LogP contribution in [0.15, 0.2) is 46.9 Å². The minimum atomic E-state index is -0.00101. The van der Waals surface area contributed by atoms with Crippen molar-refractivity contribution in [1.82, 2.24) is 0 Å². The highest BCUT2D eigenvalue weighted by molar-refractivity contribution is 14.1. The Labute approximate surface area is 134 Å². The third-order valence-corrected chi connectivity index (χ3v) is 3.84. The smallest absolute Gasteiger partial charge is 0.163 e. The average Bonchev–Trinajstić information content (AvgIpc) is 2.39. The number of ketones is 1. The summed E-state index contributed by atoms with van der Waals surface area (Å²) in [5.74, 6) is 0.619. The third-order valence-electron chi connectivity index (χ3n) is 2.63. The summed E-state index contributed by atoms with van der Waals surface area (Å²) in [5, 5.41) is 0. The molecule has 0 N–H and O–H groups in total. The van der Waals surface area contributed by atoms with E-state index in [9.17, 15) is 4.79 Å². The van der Waals surface area contributed by atoms with Gasteiger partial charge in [-0.1, -0.05) is 28.1 Å². The van der Waals surface area contributed by atoms with Gasteiger partial charge in [-0.25, -0.2) is 0 Å². The molecule has 0 atom stereocenters. The maximum absolute atomic E-state index is 11.6. The van der Waals surface area contributed by atoms with Crippen LogP contribution in [0, 0.1) is 3.57 Å². The van der Waals surface area contributed by atoms with Gasteiger partial charge in [0.25, 0.3) is 0 Å². The minimum Gasteiger partial charge on any atom is -0.488 e. The molecule has 0 amide bonds. The number of Topliss-reactive ketones (excluding diaryl/α,β-unsaturated/α-hetero) is 1. The summed E-state index contributed by atoms with van der Waals surface area (Å²) < 4.78 is 7.80. The Balaban J connectivity index is 2.15. The Bertz CT molecular complexity index is 594. The van der Waals surface area contributed by atoms with E-state index >= 15 is 0 Å². The van der Waals surface area contributed by atoms with Gasteiger partial charge in [-0.05, 0) is 65.4 Å². The highest BCUT2D eigenvalue weighted by Gasteiger charge is 2.09. The molecule has 2 rings (SSSR count). The van der Waals surface area contributed by atoms with Gasteiger partial charge in [0.1, 0.15) is 12.4 Å². The molecule has 0 saturated carbocycles. The first-order valence-electron chi connectivity index (χ1n) is 5.74. The molecule has 0 radical (unpaired) electrons. The van der Waals surface area contributed by atoms with E-state index < -0.39 is 0 Å². The number of halogens is 2. The number of benzene rings is 2. The predicted octanol–water partition coefficient (Wildman–Crippen LogP) is 4.84. The zero-order valence-corrected chi connectivity index (χ0v) is 14.1. The number of carbonyl (C=O) groups is 1. The van der Waals surface area contributed by atoms with Gasteiger partial charge in [-0.2, -0.15) is 0 Å². The molecule has 0 aromatic heterocycles. The molecular weight excluding hydrogens is 419 g/mol. The van der Waals surface area contributed by atoms with Gasteiger partial charge in [0.2, 0.25) is 0 Å². The van der Waals surface area contributed by atoms with Crippen LogP contribution in [0.3, 0.4) is 0 Å². The monoisotopic (exact) mass is 430 g/mol. The minimum absolute atomic E-state index is 0.00101. The zero-order chi connectivity index (χ0) is 13.8. The molecule has 0 saturated heterocycles. The van der Waals surface area contributed by atoms with E-state index in [4.69, 9.17) is 4.74 Å². The van der Waals surface area contributed by atoms with E-state index in [-0.39, 0.29) is 5.78 Å². The van der Waals surface area contributed by atoms with E-state index in [1.807, 2.05) is 36.4 Å². The number of carbonyl (C=O) groups excluding carboxylic acids is 1. The Morgan fingerprint density at radius 3 is 2.53 bits per heavy atom. The van der Waals surface area contributed by atoms with Crippen LogP contribution < -0.4 is 4.74 Å². The van der Waals surface area contributed by atoms with Crippen molar-refractivity contribution in [3.63, 3.8) is 0 Å². The summed E-state index contributed by atoms with van der Waals surface area (Å²) in [6, 6.07) is 13.6. The molecular formula is C15H12BrIO2. The van der Waals surface area contributed by atoms with E-state index in [1.54, 1.807) is 13.0 Å². The molecule has 0 unspecified atom stereocenters. The van der Waals surface area contributed by atoms with Gasteiger partial charge in [0.05, 0.1) is 5.56 Å². The highest BCUT2D eigenvalue weighted by Crippen LogP contribution is 2.24. The van der Waals surface area contributed by atoms with Crippen molar-refractivity contribution in [2.45, 2.75) is 13.5 Å². The van der Waals surface area contributed by atoms with E-state index in [0.29, 0.717) is 17.9 Å². The second kappa shape index (κ2) is 6.52. The first-order valence-corrected chi connectivity index (χ1v) is 7.61. The Morgan fingerprint density at radius 1 is 1.21 bits per heavy atom. The zero-order valence-electron chi connectivity index (χ0n) is 10.3. The molecule has 0 fully saturated rings. The SMILES string of the molecule is CC(=O)c1cc(Br)ccc1OCc1ccc(I)cc1. The van der Waals surface area contributed by atoms with Crippen LogP contribution >= 0.6 is 38.5 Å². The van der Waals surface area contributed by atoms with Crippen molar-refractivity contribution >= 4 is 44.3 Å². The lowest BCUT2D eigenvalue weighted by Gasteiger charge is -2.10. The predicted molar refractivity (Wildman–Crippen MR) is 87.6 cm³/mol. The van der Waals surface area contributed by atoms with Crippen LogP contribution in [0.1, 0.15) is 22.8 Å². The fourth-order valence-electron chi connectivity index (χ4n) is 1.64. The molecule has 4 heteroatoms. The van der Waals surface area contributed by atoms with E-state index in [1.165, 1.54) is 3.57 Å². The molecule has 0 aliphatic heterocycles. The molecule has 98 valence electrons. The molecule has 19 heavy (non-hydrogen) atoms. The van der Waals surface area contributed by atoms with Crippen molar-refractivity contribution in [2.24, 2.45) is 0 Å². The van der Waals surface area contributed by atoms with Gasteiger partial charge in [0.15, 0.2) is 5.78 Å². The Hall–Kier alpha value is -0.880. The van der Waals surface area contributed by atoms with Crippen LogP contribution in [0.2, 0.25) is 0 Å². The lowest BCUT2D eigenvalue weighted by atomic mass is 10.1. The van der Waals surface area contributed by atoms with Crippen molar-refractivity contribution in [3.8, 4) is 5.75 Å². The second-order valence-corrected chi connectivity index (χ2v) is 6.27. The summed E-state index contributed by atoms with van der Waals surface area (Å²) in [6.45, 7) is 2.00. The molecule has 2 nitrogen and oxygen atoms in total. The Kier molecular flexibility index (Phi) is 4.99. The number of hydrogen-bond donors (Lipinski definition) is 0. The molecule has 2 aromatic carbocycles. The maximum atomic E-state index is 11.6. The maximum Gasteiger partial charge on any atom is 0.163 e. The van der Waals surface area contributed by atoms with Crippen molar-refractivity contribution in [3.05, 3.63) is 61.6 Å². The second-order valence-electron chi connectivity index (χ2n) is 4.11. The summed E-state index contributed by atoms with van der Waals surface area (Å²) in [4.78, 5) is 11.6. The summed E-state index contributed by atoms with van der Waals surface area (Å²) in [7, 11) is 0. The topological polar surface area (TPSA) is 26.3 Å². The molecule has 0 heterocycles. The average molecular weight is 431 g/mol. The van der Waals surface area contributed by atoms with E-state index in [2.05, 4.69) is 38.5 Å². The van der Waals surface area contributed by atoms with Crippen LogP contribution in [-0.2, 0) is 6.61 Å². The van der Waals surface area contributed by atoms with Crippen molar-refractivity contribution < 1.29 is 9.53 Å². The largest absolute Gasteiger partial charge is 0.488 e. The van der Waals surface area contributed by atoms with Gasteiger partial charge in [0, 0.05) is 8.04 Å². The fourth-order valence-corrected chi connectivity index (χ4v) is 2.37. The van der Waals surface area contributed by atoms with Crippen LogP contribution in [0.25, 0.3) is 0 Å². The Morgan fingerprint density at radius 2 is 1.89 bits per heavy atom. The van der Waals surface area contributed by atoms with Crippen molar-refractivity contribution in [1.29, 1.82) is 0 Å². The first-order chi connectivity index (χ1) is 9.06. The standard InChI is InChI=1S/C15H12BrIO2/c1-10(18)14-8-12(16)4-7-15(14)19-9-11-2-5-13(17)6-3-11/h2-8H,9H2,1H3. The summed E-state index contributed by atoms with van der Waals surface area (Å²) in [6.07, 6.45) is 0. The van der Waals surface area contributed by atoms with Gasteiger partial charge in [-0.3, -0.25) is 4.79 Å². The lowest BCUT2D eigenvalue weighted by molar-refractivity contribution is 0.101. The normalized spacial score (nSPS) is 10.3. The van der Waals surface area contributed by atoms with Gasteiger partial charge < -0.3 is 4.74 Å².